The van der Waals surface area contributed by atoms with Crippen LogP contribution in [0, 0.1) is 0 Å². The molecule has 1 heterocycles. The summed E-state index contributed by atoms with van der Waals surface area (Å²) in [6, 6.07) is 10.4. The smallest absolute Gasteiger partial charge is 0.258 e. The van der Waals surface area contributed by atoms with Crippen LogP contribution in [0.25, 0.3) is 0 Å². The number of hydrogen-bond acceptors (Lipinski definition) is 3. The van der Waals surface area contributed by atoms with Crippen molar-refractivity contribution in [2.75, 3.05) is 18.0 Å². The van der Waals surface area contributed by atoms with Crippen molar-refractivity contribution in [3.63, 3.8) is 0 Å². The molecule has 0 radical (unpaired) electrons. The lowest BCUT2D eigenvalue weighted by molar-refractivity contribution is 0.0953. The van der Waals surface area contributed by atoms with E-state index in [2.05, 4.69) is 10.3 Å². The highest BCUT2D eigenvalue weighted by atomic mass is 16.2. The number of nitrogens with one attached hydrogen (secondary N) is 1. The number of carbonyl (C=O) groups is 2. The van der Waals surface area contributed by atoms with E-state index in [1.807, 2.05) is 13.8 Å². The summed E-state index contributed by atoms with van der Waals surface area (Å²) in [6.07, 6.45) is 4.18. The van der Waals surface area contributed by atoms with Crippen molar-refractivity contribution < 1.29 is 9.59 Å². The van der Waals surface area contributed by atoms with Gasteiger partial charge in [0.1, 0.15) is 0 Å². The van der Waals surface area contributed by atoms with Crippen LogP contribution in [0.4, 0.5) is 5.69 Å². The third-order valence-electron chi connectivity index (χ3n) is 3.44. The van der Waals surface area contributed by atoms with Crippen molar-refractivity contribution in [2.45, 2.75) is 20.3 Å². The Kier molecular flexibility index (Phi) is 5.86. The Bertz CT molecular complexity index is 671. The molecule has 120 valence electrons. The summed E-state index contributed by atoms with van der Waals surface area (Å²) in [7, 11) is 0. The number of benzene rings is 1. The maximum Gasteiger partial charge on any atom is 0.258 e. The van der Waals surface area contributed by atoms with Crippen molar-refractivity contribution >= 4 is 17.5 Å². The van der Waals surface area contributed by atoms with E-state index < -0.39 is 0 Å². The molecule has 0 saturated heterocycles. The predicted octanol–water partition coefficient (Wildman–Crippen LogP) is 2.89. The SMILES string of the molecule is CCCNC(=O)c1cccc(C(=O)N(CC)c2ccncc2)c1. The Morgan fingerprint density at radius 3 is 2.43 bits per heavy atom. The summed E-state index contributed by atoms with van der Waals surface area (Å²) in [5.74, 6) is -0.294. The lowest BCUT2D eigenvalue weighted by atomic mass is 10.1. The topological polar surface area (TPSA) is 62.3 Å². The summed E-state index contributed by atoms with van der Waals surface area (Å²) in [4.78, 5) is 30.4. The summed E-state index contributed by atoms with van der Waals surface area (Å²) < 4.78 is 0. The molecule has 0 bridgehead atoms. The molecule has 1 N–H and O–H groups in total. The van der Waals surface area contributed by atoms with Gasteiger partial charge in [-0.2, -0.15) is 0 Å². The molecule has 5 heteroatoms. The molecule has 5 nitrogen and oxygen atoms in total. The van der Waals surface area contributed by atoms with Gasteiger partial charge in [0.15, 0.2) is 0 Å². The molecule has 0 spiro atoms. The maximum atomic E-state index is 12.7. The summed E-state index contributed by atoms with van der Waals surface area (Å²) in [5, 5.41) is 2.82. The number of carbonyl (C=O) groups excluding carboxylic acids is 2. The summed E-state index contributed by atoms with van der Waals surface area (Å²) in [6.45, 7) is 5.06. The van der Waals surface area contributed by atoms with Gasteiger partial charge < -0.3 is 10.2 Å². The van der Waals surface area contributed by atoms with Gasteiger partial charge in [0, 0.05) is 42.3 Å². The zero-order chi connectivity index (χ0) is 16.7. The third-order valence-corrected chi connectivity index (χ3v) is 3.44. The second-order valence-electron chi connectivity index (χ2n) is 5.09. The van der Waals surface area contributed by atoms with Crippen LogP contribution in [0.15, 0.2) is 48.8 Å². The Balaban J connectivity index is 2.23. The molecule has 0 aliphatic rings. The van der Waals surface area contributed by atoms with Crippen LogP contribution >= 0.6 is 0 Å². The summed E-state index contributed by atoms with van der Waals surface area (Å²) in [5.41, 5.74) is 1.77. The van der Waals surface area contributed by atoms with E-state index in [9.17, 15) is 9.59 Å². The number of hydrogen-bond donors (Lipinski definition) is 1. The van der Waals surface area contributed by atoms with Gasteiger partial charge in [0.2, 0.25) is 0 Å². The Hall–Kier alpha value is -2.69. The van der Waals surface area contributed by atoms with Gasteiger partial charge in [-0.15, -0.1) is 0 Å². The highest BCUT2D eigenvalue weighted by molar-refractivity contribution is 6.07. The van der Waals surface area contributed by atoms with Crippen molar-refractivity contribution in [1.82, 2.24) is 10.3 Å². The van der Waals surface area contributed by atoms with Crippen LogP contribution < -0.4 is 10.2 Å². The molecular formula is C18H21N3O2. The molecule has 2 aromatic rings. The molecule has 0 saturated carbocycles. The zero-order valence-electron chi connectivity index (χ0n) is 13.5. The first-order valence-electron chi connectivity index (χ1n) is 7.77. The Labute approximate surface area is 136 Å². The van der Waals surface area contributed by atoms with Gasteiger partial charge in [-0.3, -0.25) is 14.6 Å². The molecule has 23 heavy (non-hydrogen) atoms. The number of amides is 2. The first-order valence-corrected chi connectivity index (χ1v) is 7.77. The van der Waals surface area contributed by atoms with Crippen LogP contribution in [0.3, 0.4) is 0 Å². The van der Waals surface area contributed by atoms with Crippen LogP contribution in [0.2, 0.25) is 0 Å². The molecule has 2 rings (SSSR count). The predicted molar refractivity (Wildman–Crippen MR) is 90.7 cm³/mol. The van der Waals surface area contributed by atoms with E-state index in [1.54, 1.807) is 53.7 Å². The lowest BCUT2D eigenvalue weighted by Gasteiger charge is -2.21. The van der Waals surface area contributed by atoms with Crippen LogP contribution in [-0.2, 0) is 0 Å². The number of pyridine rings is 1. The average molecular weight is 311 g/mol. The van der Waals surface area contributed by atoms with Gasteiger partial charge in [0.05, 0.1) is 0 Å². The van der Waals surface area contributed by atoms with E-state index in [4.69, 9.17) is 0 Å². The minimum absolute atomic E-state index is 0.135. The van der Waals surface area contributed by atoms with E-state index in [0.717, 1.165) is 12.1 Å². The number of aromatic nitrogens is 1. The quantitative estimate of drug-likeness (QED) is 0.892. The zero-order valence-corrected chi connectivity index (χ0v) is 13.5. The fourth-order valence-corrected chi connectivity index (χ4v) is 2.26. The van der Waals surface area contributed by atoms with Crippen LogP contribution in [0.5, 0.6) is 0 Å². The fourth-order valence-electron chi connectivity index (χ4n) is 2.26. The molecule has 0 fully saturated rings. The van der Waals surface area contributed by atoms with Gasteiger partial charge in [-0.05, 0) is 43.7 Å². The number of nitrogens with zero attached hydrogens (tertiary/aromatic N) is 2. The van der Waals surface area contributed by atoms with E-state index in [1.165, 1.54) is 0 Å². The van der Waals surface area contributed by atoms with Crippen LogP contribution in [0.1, 0.15) is 41.0 Å². The highest BCUT2D eigenvalue weighted by Gasteiger charge is 2.17. The van der Waals surface area contributed by atoms with E-state index >= 15 is 0 Å². The molecule has 2 amide bonds. The van der Waals surface area contributed by atoms with Crippen LogP contribution in [-0.4, -0.2) is 29.9 Å². The molecule has 0 unspecified atom stereocenters. The van der Waals surface area contributed by atoms with E-state index in [0.29, 0.717) is 24.2 Å². The molecular weight excluding hydrogens is 290 g/mol. The summed E-state index contributed by atoms with van der Waals surface area (Å²) >= 11 is 0. The maximum absolute atomic E-state index is 12.7. The minimum Gasteiger partial charge on any atom is -0.352 e. The third kappa shape index (κ3) is 4.16. The van der Waals surface area contributed by atoms with E-state index in [-0.39, 0.29) is 11.8 Å². The first-order chi connectivity index (χ1) is 11.2. The van der Waals surface area contributed by atoms with Crippen molar-refractivity contribution in [3.05, 3.63) is 59.9 Å². The van der Waals surface area contributed by atoms with Gasteiger partial charge in [-0.1, -0.05) is 13.0 Å². The van der Waals surface area contributed by atoms with Crippen molar-refractivity contribution in [2.24, 2.45) is 0 Å². The number of rotatable bonds is 6. The molecule has 0 aliphatic heterocycles. The largest absolute Gasteiger partial charge is 0.352 e. The highest BCUT2D eigenvalue weighted by Crippen LogP contribution is 2.16. The first kappa shape index (κ1) is 16.7. The molecule has 0 atom stereocenters. The second-order valence-corrected chi connectivity index (χ2v) is 5.09. The Morgan fingerprint density at radius 2 is 1.78 bits per heavy atom. The number of anilines is 1. The average Bonchev–Trinajstić information content (AvgIpc) is 2.61. The molecule has 1 aromatic heterocycles. The Morgan fingerprint density at radius 1 is 1.09 bits per heavy atom. The van der Waals surface area contributed by atoms with Gasteiger partial charge in [0.25, 0.3) is 11.8 Å². The fraction of sp³-hybridized carbons (Fsp3) is 0.278. The van der Waals surface area contributed by atoms with Gasteiger partial charge >= 0.3 is 0 Å². The monoisotopic (exact) mass is 311 g/mol. The van der Waals surface area contributed by atoms with Crippen molar-refractivity contribution in [1.29, 1.82) is 0 Å². The minimum atomic E-state index is -0.159. The van der Waals surface area contributed by atoms with Crippen molar-refractivity contribution in [3.8, 4) is 0 Å². The molecule has 0 aliphatic carbocycles. The van der Waals surface area contributed by atoms with Gasteiger partial charge in [-0.25, -0.2) is 0 Å². The normalized spacial score (nSPS) is 10.2. The lowest BCUT2D eigenvalue weighted by Crippen LogP contribution is -2.31. The standard InChI is InChI=1S/C18H21N3O2/c1-3-10-20-17(22)14-6-5-7-15(13-14)18(23)21(4-2)16-8-11-19-12-9-16/h5-9,11-13H,3-4,10H2,1-2H3,(H,20,22). The second kappa shape index (κ2) is 8.08. The molecule has 1 aromatic carbocycles.